The Morgan fingerprint density at radius 3 is 2.29 bits per heavy atom. The lowest BCUT2D eigenvalue weighted by atomic mass is 10.1. The molecule has 3 aromatic carbocycles. The summed E-state index contributed by atoms with van der Waals surface area (Å²) in [6, 6.07) is 14.7. The molecular formula is C26H19Cl2N3O7. The van der Waals surface area contributed by atoms with Crippen molar-refractivity contribution in [3.8, 4) is 23.3 Å². The Morgan fingerprint density at radius 2 is 1.74 bits per heavy atom. The zero-order valence-electron chi connectivity index (χ0n) is 20.0. The smallest absolute Gasteiger partial charge is 0.343 e. The zero-order valence-corrected chi connectivity index (χ0v) is 21.5. The second-order valence-corrected chi connectivity index (χ2v) is 8.24. The van der Waals surface area contributed by atoms with Crippen LogP contribution in [0.3, 0.4) is 0 Å². The molecule has 0 aromatic heterocycles. The molecule has 0 unspecified atom stereocenters. The van der Waals surface area contributed by atoms with E-state index in [1.807, 2.05) is 0 Å². The van der Waals surface area contributed by atoms with E-state index in [2.05, 4.69) is 5.32 Å². The van der Waals surface area contributed by atoms with E-state index in [-0.39, 0.29) is 45.1 Å². The Balaban J connectivity index is 1.84. The molecule has 0 radical (unpaired) electrons. The first-order chi connectivity index (χ1) is 18.2. The molecule has 0 aliphatic carbocycles. The highest BCUT2D eigenvalue weighted by atomic mass is 35.5. The number of amides is 1. The van der Waals surface area contributed by atoms with E-state index in [1.54, 1.807) is 37.3 Å². The molecule has 1 N–H and O–H groups in total. The highest BCUT2D eigenvalue weighted by Crippen LogP contribution is 2.35. The number of anilines is 1. The fraction of sp³-hybridized carbons (Fsp3) is 0.115. The molecule has 0 saturated heterocycles. The number of halogens is 2. The monoisotopic (exact) mass is 555 g/mol. The highest BCUT2D eigenvalue weighted by Gasteiger charge is 2.19. The van der Waals surface area contributed by atoms with E-state index in [0.29, 0.717) is 16.9 Å². The summed E-state index contributed by atoms with van der Waals surface area (Å²) < 4.78 is 16.1. The molecule has 10 nitrogen and oxygen atoms in total. The molecule has 0 bridgehead atoms. The lowest BCUT2D eigenvalue weighted by Gasteiger charge is -2.12. The number of benzene rings is 3. The molecule has 3 rings (SSSR count). The molecule has 0 saturated carbocycles. The second-order valence-electron chi connectivity index (χ2n) is 7.42. The van der Waals surface area contributed by atoms with Crippen molar-refractivity contribution >= 4 is 52.5 Å². The molecular weight excluding hydrogens is 537 g/mol. The number of nitrogens with zero attached hydrogens (tertiary/aromatic N) is 2. The first-order valence-electron chi connectivity index (χ1n) is 10.9. The molecule has 12 heteroatoms. The van der Waals surface area contributed by atoms with Crippen molar-refractivity contribution in [2.45, 2.75) is 6.92 Å². The number of esters is 1. The number of carbonyl (C=O) groups excluding carboxylic acids is 2. The van der Waals surface area contributed by atoms with Gasteiger partial charge in [0.15, 0.2) is 11.5 Å². The van der Waals surface area contributed by atoms with Crippen molar-refractivity contribution in [1.82, 2.24) is 0 Å². The number of hydrogen-bond acceptors (Lipinski definition) is 8. The molecule has 0 fully saturated rings. The average Bonchev–Trinajstić information content (AvgIpc) is 2.90. The molecule has 0 atom stereocenters. The number of methoxy groups -OCH3 is 1. The van der Waals surface area contributed by atoms with Crippen LogP contribution in [0.25, 0.3) is 6.08 Å². The summed E-state index contributed by atoms with van der Waals surface area (Å²) in [5.74, 6) is -0.536. The van der Waals surface area contributed by atoms with Crippen molar-refractivity contribution in [2.24, 2.45) is 0 Å². The molecule has 38 heavy (non-hydrogen) atoms. The molecule has 0 aliphatic heterocycles. The van der Waals surface area contributed by atoms with Crippen LogP contribution in [0.2, 0.25) is 10.0 Å². The van der Waals surface area contributed by atoms with Crippen molar-refractivity contribution in [2.75, 3.05) is 19.0 Å². The third kappa shape index (κ3) is 6.79. The Kier molecular flexibility index (Phi) is 9.27. The maximum atomic E-state index is 12.7. The molecule has 3 aromatic rings. The van der Waals surface area contributed by atoms with Crippen molar-refractivity contribution in [3.05, 3.63) is 91.5 Å². The number of nitrogens with one attached hydrogen (secondary N) is 1. The van der Waals surface area contributed by atoms with Gasteiger partial charge < -0.3 is 19.5 Å². The normalized spacial score (nSPS) is 10.8. The summed E-state index contributed by atoms with van der Waals surface area (Å²) in [6.45, 7) is 1.99. The van der Waals surface area contributed by atoms with Crippen molar-refractivity contribution in [1.29, 1.82) is 5.26 Å². The van der Waals surface area contributed by atoms with Crippen LogP contribution in [0.1, 0.15) is 22.8 Å². The maximum Gasteiger partial charge on any atom is 0.343 e. The summed E-state index contributed by atoms with van der Waals surface area (Å²) in [5.41, 5.74) is -0.0680. The molecule has 194 valence electrons. The molecule has 0 heterocycles. The quantitative estimate of drug-likeness (QED) is 0.0836. The predicted molar refractivity (Wildman–Crippen MR) is 141 cm³/mol. The maximum absolute atomic E-state index is 12.7. The zero-order chi connectivity index (χ0) is 27.8. The number of non-ortho nitro benzene ring substituents is 1. The summed E-state index contributed by atoms with van der Waals surface area (Å²) >= 11 is 12.1. The van der Waals surface area contributed by atoms with Gasteiger partial charge in [-0.05, 0) is 55.0 Å². The van der Waals surface area contributed by atoms with Gasteiger partial charge in [0.1, 0.15) is 17.4 Å². The van der Waals surface area contributed by atoms with Crippen LogP contribution in [-0.2, 0) is 4.79 Å². The average molecular weight is 556 g/mol. The Hall–Kier alpha value is -4.59. The van der Waals surface area contributed by atoms with Crippen LogP contribution >= 0.6 is 23.2 Å². The number of nitriles is 1. The van der Waals surface area contributed by atoms with Crippen LogP contribution in [0.15, 0.2) is 60.2 Å². The van der Waals surface area contributed by atoms with Gasteiger partial charge in [-0.3, -0.25) is 14.9 Å². The Morgan fingerprint density at radius 1 is 1.08 bits per heavy atom. The topological polar surface area (TPSA) is 141 Å². The highest BCUT2D eigenvalue weighted by molar-refractivity contribution is 6.40. The largest absolute Gasteiger partial charge is 0.497 e. The van der Waals surface area contributed by atoms with E-state index in [0.717, 1.165) is 12.1 Å². The van der Waals surface area contributed by atoms with Crippen LogP contribution in [0.4, 0.5) is 11.4 Å². The van der Waals surface area contributed by atoms with Crippen LogP contribution in [0, 0.1) is 21.4 Å². The van der Waals surface area contributed by atoms with Gasteiger partial charge in [0, 0.05) is 12.1 Å². The number of hydrogen-bond donors (Lipinski definition) is 1. The summed E-state index contributed by atoms with van der Waals surface area (Å²) in [4.78, 5) is 35.6. The minimum absolute atomic E-state index is 0.0825. The lowest BCUT2D eigenvalue weighted by molar-refractivity contribution is -0.384. The summed E-state index contributed by atoms with van der Waals surface area (Å²) in [5, 5.41) is 22.6. The van der Waals surface area contributed by atoms with Crippen molar-refractivity contribution < 1.29 is 28.7 Å². The minimum atomic E-state index is -0.849. The Labute approximate surface area is 227 Å². The van der Waals surface area contributed by atoms with Gasteiger partial charge >= 0.3 is 5.97 Å². The van der Waals surface area contributed by atoms with Crippen molar-refractivity contribution in [3.63, 3.8) is 0 Å². The van der Waals surface area contributed by atoms with E-state index in [4.69, 9.17) is 37.4 Å². The number of rotatable bonds is 9. The van der Waals surface area contributed by atoms with Gasteiger partial charge in [0.25, 0.3) is 11.6 Å². The predicted octanol–water partition coefficient (Wildman–Crippen LogP) is 6.07. The fourth-order valence-electron chi connectivity index (χ4n) is 3.13. The van der Waals surface area contributed by atoms with Crippen LogP contribution in [0.5, 0.6) is 17.2 Å². The summed E-state index contributed by atoms with van der Waals surface area (Å²) in [7, 11) is 1.51. The number of nitro groups is 1. The van der Waals surface area contributed by atoms with Gasteiger partial charge in [-0.15, -0.1) is 0 Å². The van der Waals surface area contributed by atoms with Gasteiger partial charge in [-0.2, -0.15) is 5.26 Å². The second kappa shape index (κ2) is 12.6. The van der Waals surface area contributed by atoms with E-state index >= 15 is 0 Å². The van der Waals surface area contributed by atoms with Crippen LogP contribution < -0.4 is 19.5 Å². The first kappa shape index (κ1) is 28.0. The third-order valence-electron chi connectivity index (χ3n) is 4.95. The molecule has 0 aliphatic rings. The molecule has 1 amide bonds. The number of carbonyl (C=O) groups is 2. The minimum Gasteiger partial charge on any atom is -0.497 e. The van der Waals surface area contributed by atoms with Gasteiger partial charge in [0.2, 0.25) is 0 Å². The first-order valence-corrected chi connectivity index (χ1v) is 11.6. The van der Waals surface area contributed by atoms with Gasteiger partial charge in [-0.1, -0.05) is 29.3 Å². The standard InChI is InChI=1S/C26H19Cl2N3O7/c1-3-37-23-11-15(4-9-22(23)38-26(33)16-5-7-19(36-2)8-6-16)10-17(14-29)25(32)30-24-20(27)12-18(31(34)35)13-21(24)28/h4-13H,3H2,1-2H3,(H,30,32)/b17-10+. The van der Waals surface area contributed by atoms with E-state index in [9.17, 15) is 25.0 Å². The van der Waals surface area contributed by atoms with Gasteiger partial charge in [0.05, 0.1) is 39.9 Å². The SMILES string of the molecule is CCOc1cc(/C=C(\C#N)C(=O)Nc2c(Cl)cc([N+](=O)[O-])cc2Cl)ccc1OC(=O)c1ccc(OC)cc1. The summed E-state index contributed by atoms with van der Waals surface area (Å²) in [6.07, 6.45) is 1.28. The fourth-order valence-corrected chi connectivity index (χ4v) is 3.70. The van der Waals surface area contributed by atoms with E-state index < -0.39 is 16.8 Å². The lowest BCUT2D eigenvalue weighted by Crippen LogP contribution is -2.14. The number of ether oxygens (including phenoxy) is 3. The Bertz CT molecular complexity index is 1440. The van der Waals surface area contributed by atoms with Gasteiger partial charge in [-0.25, -0.2) is 4.79 Å². The molecule has 0 spiro atoms. The third-order valence-corrected chi connectivity index (χ3v) is 5.54. The van der Waals surface area contributed by atoms with Crippen LogP contribution in [-0.4, -0.2) is 30.5 Å². The van der Waals surface area contributed by atoms with E-state index in [1.165, 1.54) is 31.4 Å². The number of nitro benzene ring substituents is 1.